The van der Waals surface area contributed by atoms with E-state index in [1.807, 2.05) is 0 Å². The second-order valence-electron chi connectivity index (χ2n) is 4.63. The van der Waals surface area contributed by atoms with Crippen LogP contribution in [0.2, 0.25) is 0 Å². The molecule has 1 saturated carbocycles. The maximum atomic E-state index is 12.8. The maximum absolute atomic E-state index is 12.8. The minimum Gasteiger partial charge on any atom is -0.392 e. The van der Waals surface area contributed by atoms with E-state index in [2.05, 4.69) is 10.1 Å². The van der Waals surface area contributed by atoms with Crippen molar-refractivity contribution in [1.29, 1.82) is 0 Å². The summed E-state index contributed by atoms with van der Waals surface area (Å²) in [6, 6.07) is 5.90. The zero-order valence-corrected chi connectivity index (χ0v) is 9.71. The standard InChI is InChI=1S/C13H13FN2O2/c14-10-5-3-9(4-6-10)13-15-12(18-16-13)7-11(17)8-1-2-8/h3-6,8,11,17H,1-2,7H2. The molecule has 1 N–H and O–H groups in total. The van der Waals surface area contributed by atoms with Gasteiger partial charge in [-0.1, -0.05) is 5.16 Å². The first-order valence-electron chi connectivity index (χ1n) is 5.99. The molecule has 0 bridgehead atoms. The van der Waals surface area contributed by atoms with E-state index >= 15 is 0 Å². The van der Waals surface area contributed by atoms with Crippen molar-refractivity contribution in [3.05, 3.63) is 36.0 Å². The van der Waals surface area contributed by atoms with Crippen LogP contribution in [0.25, 0.3) is 11.4 Å². The van der Waals surface area contributed by atoms with Crippen molar-refractivity contribution in [2.75, 3.05) is 0 Å². The molecule has 18 heavy (non-hydrogen) atoms. The Balaban J connectivity index is 1.74. The third kappa shape index (κ3) is 2.41. The average molecular weight is 248 g/mol. The molecule has 94 valence electrons. The minimum atomic E-state index is -0.397. The van der Waals surface area contributed by atoms with Crippen LogP contribution in [0.5, 0.6) is 0 Å². The normalized spacial score (nSPS) is 16.8. The van der Waals surface area contributed by atoms with Gasteiger partial charge in [-0.3, -0.25) is 0 Å². The highest BCUT2D eigenvalue weighted by molar-refractivity contribution is 5.53. The Morgan fingerprint density at radius 2 is 2.06 bits per heavy atom. The largest absolute Gasteiger partial charge is 0.392 e. The van der Waals surface area contributed by atoms with E-state index in [1.54, 1.807) is 12.1 Å². The van der Waals surface area contributed by atoms with E-state index in [0.29, 0.717) is 29.6 Å². The Kier molecular flexibility index (Phi) is 2.83. The zero-order chi connectivity index (χ0) is 12.5. The lowest BCUT2D eigenvalue weighted by molar-refractivity contribution is 0.140. The van der Waals surface area contributed by atoms with E-state index < -0.39 is 6.10 Å². The highest BCUT2D eigenvalue weighted by Gasteiger charge is 2.31. The van der Waals surface area contributed by atoms with Gasteiger partial charge in [-0.15, -0.1) is 0 Å². The van der Waals surface area contributed by atoms with E-state index in [-0.39, 0.29) is 5.82 Å². The molecule has 2 aromatic rings. The van der Waals surface area contributed by atoms with Gasteiger partial charge < -0.3 is 9.63 Å². The first kappa shape index (κ1) is 11.3. The summed E-state index contributed by atoms with van der Waals surface area (Å²) in [7, 11) is 0. The molecule has 1 atom stereocenters. The number of halogens is 1. The second-order valence-corrected chi connectivity index (χ2v) is 4.63. The van der Waals surface area contributed by atoms with Gasteiger partial charge in [0.2, 0.25) is 11.7 Å². The lowest BCUT2D eigenvalue weighted by atomic mass is 10.1. The second kappa shape index (κ2) is 4.49. The molecule has 4 nitrogen and oxygen atoms in total. The molecule has 1 aromatic carbocycles. The number of benzene rings is 1. The Morgan fingerprint density at radius 3 is 2.72 bits per heavy atom. The van der Waals surface area contributed by atoms with E-state index in [1.165, 1.54) is 12.1 Å². The summed E-state index contributed by atoms with van der Waals surface area (Å²) in [5, 5.41) is 13.6. The molecule has 3 rings (SSSR count). The van der Waals surface area contributed by atoms with Gasteiger partial charge in [0.1, 0.15) is 5.82 Å². The van der Waals surface area contributed by atoms with Crippen LogP contribution >= 0.6 is 0 Å². The number of rotatable bonds is 4. The number of nitrogens with zero attached hydrogens (tertiary/aromatic N) is 2. The summed E-state index contributed by atoms with van der Waals surface area (Å²) in [6.07, 6.45) is 2.13. The Bertz CT molecular complexity index is 534. The minimum absolute atomic E-state index is 0.299. The molecule has 1 fully saturated rings. The van der Waals surface area contributed by atoms with Crippen molar-refractivity contribution < 1.29 is 14.0 Å². The summed E-state index contributed by atoms with van der Waals surface area (Å²) in [5.41, 5.74) is 0.701. The van der Waals surface area contributed by atoms with Crippen LogP contribution in [0.15, 0.2) is 28.8 Å². The Labute approximate surface area is 103 Å². The highest BCUT2D eigenvalue weighted by Crippen LogP contribution is 2.33. The van der Waals surface area contributed by atoms with Gasteiger partial charge in [0.15, 0.2) is 0 Å². The molecule has 1 aliphatic carbocycles. The van der Waals surface area contributed by atoms with Gasteiger partial charge in [0.05, 0.1) is 12.5 Å². The average Bonchev–Trinajstić information content (AvgIpc) is 3.12. The highest BCUT2D eigenvalue weighted by atomic mass is 19.1. The number of aliphatic hydroxyl groups is 1. The van der Waals surface area contributed by atoms with Crippen molar-refractivity contribution >= 4 is 0 Å². The number of hydrogen-bond donors (Lipinski definition) is 1. The third-order valence-corrected chi connectivity index (χ3v) is 3.12. The van der Waals surface area contributed by atoms with Gasteiger partial charge >= 0.3 is 0 Å². The van der Waals surface area contributed by atoms with Gasteiger partial charge in [-0.05, 0) is 43.0 Å². The van der Waals surface area contributed by atoms with Gasteiger partial charge in [0, 0.05) is 5.56 Å². The summed E-state index contributed by atoms with van der Waals surface area (Å²) in [6.45, 7) is 0. The monoisotopic (exact) mass is 248 g/mol. The molecule has 1 aromatic heterocycles. The molecule has 5 heteroatoms. The van der Waals surface area contributed by atoms with Crippen molar-refractivity contribution in [2.45, 2.75) is 25.4 Å². The molecule has 0 saturated heterocycles. The van der Waals surface area contributed by atoms with Crippen molar-refractivity contribution in [2.24, 2.45) is 5.92 Å². The maximum Gasteiger partial charge on any atom is 0.229 e. The van der Waals surface area contributed by atoms with Crippen molar-refractivity contribution in [1.82, 2.24) is 10.1 Å². The van der Waals surface area contributed by atoms with Crippen LogP contribution in [0.3, 0.4) is 0 Å². The number of hydrogen-bond acceptors (Lipinski definition) is 4. The zero-order valence-electron chi connectivity index (χ0n) is 9.71. The molecular formula is C13H13FN2O2. The SMILES string of the molecule is OC(Cc1nc(-c2ccc(F)cc2)no1)C1CC1. The first-order chi connectivity index (χ1) is 8.72. The predicted molar refractivity (Wildman–Crippen MR) is 62.1 cm³/mol. The molecule has 1 heterocycles. The summed E-state index contributed by atoms with van der Waals surface area (Å²) >= 11 is 0. The van der Waals surface area contributed by atoms with Crippen LogP contribution in [0.4, 0.5) is 4.39 Å². The van der Waals surface area contributed by atoms with Gasteiger partial charge in [-0.2, -0.15) is 4.98 Å². The third-order valence-electron chi connectivity index (χ3n) is 3.12. The predicted octanol–water partition coefficient (Wildman–Crippen LogP) is 2.19. The van der Waals surface area contributed by atoms with E-state index in [0.717, 1.165) is 12.8 Å². The van der Waals surface area contributed by atoms with Crippen LogP contribution in [-0.4, -0.2) is 21.4 Å². The topological polar surface area (TPSA) is 59.2 Å². The first-order valence-corrected chi connectivity index (χ1v) is 5.99. The van der Waals surface area contributed by atoms with Crippen LogP contribution in [-0.2, 0) is 6.42 Å². The van der Waals surface area contributed by atoms with Gasteiger partial charge in [0.25, 0.3) is 0 Å². The van der Waals surface area contributed by atoms with E-state index in [9.17, 15) is 9.50 Å². The summed E-state index contributed by atoms with van der Waals surface area (Å²) in [5.74, 6) is 0.930. The molecule has 0 radical (unpaired) electrons. The molecule has 0 amide bonds. The lowest BCUT2D eigenvalue weighted by Gasteiger charge is -2.03. The lowest BCUT2D eigenvalue weighted by Crippen LogP contribution is -2.12. The molecule has 1 aliphatic rings. The molecule has 0 spiro atoms. The number of aromatic nitrogens is 2. The van der Waals surface area contributed by atoms with E-state index in [4.69, 9.17) is 4.52 Å². The van der Waals surface area contributed by atoms with Crippen LogP contribution < -0.4 is 0 Å². The molecule has 1 unspecified atom stereocenters. The molecular weight excluding hydrogens is 235 g/mol. The van der Waals surface area contributed by atoms with Crippen LogP contribution in [0, 0.1) is 11.7 Å². The quantitative estimate of drug-likeness (QED) is 0.901. The Morgan fingerprint density at radius 1 is 1.33 bits per heavy atom. The Hall–Kier alpha value is -1.75. The fraction of sp³-hybridized carbons (Fsp3) is 0.385. The van der Waals surface area contributed by atoms with Crippen molar-refractivity contribution in [3.8, 4) is 11.4 Å². The summed E-state index contributed by atoms with van der Waals surface area (Å²) in [4.78, 5) is 4.20. The number of aliphatic hydroxyl groups excluding tert-OH is 1. The fourth-order valence-electron chi connectivity index (χ4n) is 1.88. The van der Waals surface area contributed by atoms with Crippen LogP contribution in [0.1, 0.15) is 18.7 Å². The summed E-state index contributed by atoms with van der Waals surface area (Å²) < 4.78 is 17.9. The molecule has 0 aliphatic heterocycles. The fourth-order valence-corrected chi connectivity index (χ4v) is 1.88. The van der Waals surface area contributed by atoms with Gasteiger partial charge in [-0.25, -0.2) is 4.39 Å². The van der Waals surface area contributed by atoms with Crippen molar-refractivity contribution in [3.63, 3.8) is 0 Å². The smallest absolute Gasteiger partial charge is 0.229 e.